The molecule has 6 heteroatoms. The molecule has 0 unspecified atom stereocenters. The minimum Gasteiger partial charge on any atom is -0.480 e. The predicted octanol–water partition coefficient (Wildman–Crippen LogP) is -0.284. The molecule has 17 heavy (non-hydrogen) atoms. The maximum Gasteiger partial charge on any atom is 0.326 e. The Kier molecular flexibility index (Phi) is 6.75. The molecule has 0 radical (unpaired) electrons. The molecule has 0 aromatic rings. The quantitative estimate of drug-likeness (QED) is 0.495. The van der Waals surface area contributed by atoms with Crippen molar-refractivity contribution in [2.75, 3.05) is 13.2 Å². The molecule has 0 fully saturated rings. The number of hydrogen-bond acceptors (Lipinski definition) is 4. The van der Waals surface area contributed by atoms with Gasteiger partial charge >= 0.3 is 5.97 Å². The topological polar surface area (TPSA) is 98.7 Å². The molecular weight excluding hydrogens is 224 g/mol. The van der Waals surface area contributed by atoms with Crippen LogP contribution in [0.15, 0.2) is 0 Å². The van der Waals surface area contributed by atoms with Crippen LogP contribution in [0.4, 0.5) is 0 Å². The van der Waals surface area contributed by atoms with Crippen molar-refractivity contribution in [3.63, 3.8) is 0 Å². The molecule has 0 bridgehead atoms. The van der Waals surface area contributed by atoms with Gasteiger partial charge < -0.3 is 20.8 Å². The van der Waals surface area contributed by atoms with E-state index >= 15 is 0 Å². The minimum absolute atomic E-state index is 0.0216. The SMILES string of the molecule is CC(C)(C)NCCC(=O)N[C@H](CCO)C(=O)O. The van der Waals surface area contributed by atoms with Gasteiger partial charge in [0.25, 0.3) is 0 Å². The highest BCUT2D eigenvalue weighted by atomic mass is 16.4. The van der Waals surface area contributed by atoms with Gasteiger partial charge in [0.15, 0.2) is 0 Å². The third kappa shape index (κ3) is 8.65. The first-order valence-electron chi connectivity index (χ1n) is 5.64. The number of carboxylic acids is 1. The maximum atomic E-state index is 11.4. The summed E-state index contributed by atoms with van der Waals surface area (Å²) in [6.07, 6.45) is 0.236. The van der Waals surface area contributed by atoms with Crippen molar-refractivity contribution in [1.82, 2.24) is 10.6 Å². The van der Waals surface area contributed by atoms with Gasteiger partial charge in [-0.05, 0) is 20.8 Å². The Hall–Kier alpha value is -1.14. The van der Waals surface area contributed by atoms with Crippen LogP contribution in [0.5, 0.6) is 0 Å². The average Bonchev–Trinajstić information content (AvgIpc) is 2.14. The number of amides is 1. The van der Waals surface area contributed by atoms with Gasteiger partial charge in [-0.15, -0.1) is 0 Å². The van der Waals surface area contributed by atoms with Gasteiger partial charge in [0, 0.05) is 31.5 Å². The summed E-state index contributed by atoms with van der Waals surface area (Å²) in [6, 6.07) is -1.01. The van der Waals surface area contributed by atoms with E-state index in [-0.39, 0.29) is 30.9 Å². The summed E-state index contributed by atoms with van der Waals surface area (Å²) in [5.74, 6) is -1.46. The second-order valence-corrected chi connectivity index (χ2v) is 4.90. The number of aliphatic hydroxyl groups is 1. The maximum absolute atomic E-state index is 11.4. The molecule has 0 rings (SSSR count). The monoisotopic (exact) mass is 246 g/mol. The number of hydrogen-bond donors (Lipinski definition) is 4. The van der Waals surface area contributed by atoms with Crippen molar-refractivity contribution in [3.8, 4) is 0 Å². The zero-order valence-corrected chi connectivity index (χ0v) is 10.6. The average molecular weight is 246 g/mol. The number of aliphatic hydroxyl groups excluding tert-OH is 1. The van der Waals surface area contributed by atoms with E-state index < -0.39 is 12.0 Å². The molecule has 0 spiro atoms. The fraction of sp³-hybridized carbons (Fsp3) is 0.818. The molecule has 0 aliphatic rings. The molecule has 100 valence electrons. The van der Waals surface area contributed by atoms with E-state index in [4.69, 9.17) is 10.2 Å². The van der Waals surface area contributed by atoms with Gasteiger partial charge in [0.2, 0.25) is 5.91 Å². The van der Waals surface area contributed by atoms with Crippen molar-refractivity contribution in [1.29, 1.82) is 0 Å². The third-order valence-corrected chi connectivity index (χ3v) is 2.06. The molecule has 0 heterocycles. The Morgan fingerprint density at radius 2 is 1.88 bits per heavy atom. The van der Waals surface area contributed by atoms with Crippen LogP contribution in [0.2, 0.25) is 0 Å². The molecule has 4 N–H and O–H groups in total. The largest absolute Gasteiger partial charge is 0.480 e. The third-order valence-electron chi connectivity index (χ3n) is 2.06. The van der Waals surface area contributed by atoms with Crippen LogP contribution in [0.3, 0.4) is 0 Å². The van der Waals surface area contributed by atoms with Crippen molar-refractivity contribution in [2.45, 2.75) is 45.2 Å². The molecule has 0 aliphatic carbocycles. The fourth-order valence-electron chi connectivity index (χ4n) is 1.20. The van der Waals surface area contributed by atoms with Crippen LogP contribution >= 0.6 is 0 Å². The molecule has 1 atom stereocenters. The first-order chi connectivity index (χ1) is 7.76. The van der Waals surface area contributed by atoms with Crippen LogP contribution in [-0.4, -0.2) is 46.8 Å². The van der Waals surface area contributed by atoms with Crippen LogP contribution in [-0.2, 0) is 9.59 Å². The number of carbonyl (C=O) groups is 2. The van der Waals surface area contributed by atoms with E-state index in [1.165, 1.54) is 0 Å². The fourth-order valence-corrected chi connectivity index (χ4v) is 1.20. The lowest BCUT2D eigenvalue weighted by molar-refractivity contribution is -0.142. The van der Waals surface area contributed by atoms with E-state index in [1.54, 1.807) is 0 Å². The van der Waals surface area contributed by atoms with Crippen LogP contribution < -0.4 is 10.6 Å². The summed E-state index contributed by atoms with van der Waals surface area (Å²) in [6.45, 7) is 6.17. The van der Waals surface area contributed by atoms with Gasteiger partial charge in [-0.1, -0.05) is 0 Å². The Balaban J connectivity index is 3.95. The highest BCUT2D eigenvalue weighted by Gasteiger charge is 2.19. The van der Waals surface area contributed by atoms with Crippen LogP contribution in [0.25, 0.3) is 0 Å². The summed E-state index contributed by atoms with van der Waals surface area (Å²) in [5, 5.41) is 22.9. The molecule has 0 saturated carbocycles. The molecule has 0 aromatic carbocycles. The zero-order chi connectivity index (χ0) is 13.5. The van der Waals surface area contributed by atoms with Crippen LogP contribution in [0.1, 0.15) is 33.6 Å². The number of aliphatic carboxylic acids is 1. The van der Waals surface area contributed by atoms with E-state index in [0.717, 1.165) is 0 Å². The normalized spacial score (nSPS) is 13.2. The smallest absolute Gasteiger partial charge is 0.326 e. The van der Waals surface area contributed by atoms with Gasteiger partial charge in [-0.2, -0.15) is 0 Å². The van der Waals surface area contributed by atoms with Gasteiger partial charge in [-0.25, -0.2) is 4.79 Å². The summed E-state index contributed by atoms with van der Waals surface area (Å²) in [4.78, 5) is 22.1. The standard InChI is InChI=1S/C11H22N2O4/c1-11(2,3)12-6-4-9(15)13-8(5-7-14)10(16)17/h8,12,14H,4-7H2,1-3H3,(H,13,15)(H,16,17)/t8-/m1/s1. The highest BCUT2D eigenvalue weighted by Crippen LogP contribution is 1.98. The summed E-state index contributed by atoms with van der Waals surface area (Å²) in [5.41, 5.74) is -0.0718. The van der Waals surface area contributed by atoms with Gasteiger partial charge in [0.05, 0.1) is 0 Å². The number of rotatable bonds is 7. The van der Waals surface area contributed by atoms with Crippen LogP contribution in [0, 0.1) is 0 Å². The van der Waals surface area contributed by atoms with E-state index in [1.807, 2.05) is 20.8 Å². The molecule has 0 aliphatic heterocycles. The van der Waals surface area contributed by atoms with E-state index in [9.17, 15) is 9.59 Å². The summed E-state index contributed by atoms with van der Waals surface area (Å²) < 4.78 is 0. The lowest BCUT2D eigenvalue weighted by atomic mass is 10.1. The molecule has 1 amide bonds. The van der Waals surface area contributed by atoms with Gasteiger partial charge in [-0.3, -0.25) is 4.79 Å². The molecule has 0 aromatic heterocycles. The second kappa shape index (κ2) is 7.24. The molecular formula is C11H22N2O4. The second-order valence-electron chi connectivity index (χ2n) is 4.90. The zero-order valence-electron chi connectivity index (χ0n) is 10.6. The highest BCUT2D eigenvalue weighted by molar-refractivity contribution is 5.83. The Labute approximate surface area is 101 Å². The molecule has 0 saturated heterocycles. The van der Waals surface area contributed by atoms with Crippen molar-refractivity contribution >= 4 is 11.9 Å². The Morgan fingerprint density at radius 1 is 1.29 bits per heavy atom. The minimum atomic E-state index is -1.13. The first-order valence-corrected chi connectivity index (χ1v) is 5.64. The molecule has 6 nitrogen and oxygen atoms in total. The van der Waals surface area contributed by atoms with Gasteiger partial charge in [0.1, 0.15) is 6.04 Å². The predicted molar refractivity (Wildman–Crippen MR) is 63.6 cm³/mol. The lowest BCUT2D eigenvalue weighted by Gasteiger charge is -2.20. The number of carboxylic acid groups (broad SMARTS) is 1. The number of carbonyl (C=O) groups excluding carboxylic acids is 1. The van der Waals surface area contributed by atoms with Crippen molar-refractivity contribution < 1.29 is 19.8 Å². The number of nitrogens with one attached hydrogen (secondary N) is 2. The van der Waals surface area contributed by atoms with Crippen molar-refractivity contribution in [3.05, 3.63) is 0 Å². The van der Waals surface area contributed by atoms with Crippen molar-refractivity contribution in [2.24, 2.45) is 0 Å². The van der Waals surface area contributed by atoms with E-state index in [0.29, 0.717) is 6.54 Å². The van der Waals surface area contributed by atoms with E-state index in [2.05, 4.69) is 10.6 Å². The Bertz CT molecular complexity index is 261. The summed E-state index contributed by atoms with van der Waals surface area (Å²) >= 11 is 0. The lowest BCUT2D eigenvalue weighted by Crippen LogP contribution is -2.43. The Morgan fingerprint density at radius 3 is 2.29 bits per heavy atom. The summed E-state index contributed by atoms with van der Waals surface area (Å²) in [7, 11) is 0. The first kappa shape index (κ1) is 15.9.